The topological polar surface area (TPSA) is 101 Å². The fourth-order valence-corrected chi connectivity index (χ4v) is 3.89. The second kappa shape index (κ2) is 6.34. The number of ether oxygens (including phenoxy) is 1. The molecule has 122 valence electrons. The van der Waals surface area contributed by atoms with Gasteiger partial charge >= 0.3 is 5.97 Å². The molecule has 0 aromatic carbocycles. The number of pyridine rings is 1. The minimum atomic E-state index is -0.410. The number of nitrogen functional groups attached to an aromatic ring is 1. The summed E-state index contributed by atoms with van der Waals surface area (Å²) in [5.74, 6) is -0.807. The molecule has 1 aliphatic heterocycles. The number of nitriles is 1. The number of anilines is 2. The molecule has 3 rings (SSSR count). The van der Waals surface area contributed by atoms with E-state index in [-0.39, 0.29) is 6.61 Å². The number of carbonyl (C=O) groups excluding carboxylic acids is 1. The van der Waals surface area contributed by atoms with E-state index in [0.29, 0.717) is 21.8 Å². The number of allylic oxidation sites excluding steroid dienone is 1. The normalized spacial score (nSPS) is 16.1. The number of rotatable bonds is 3. The van der Waals surface area contributed by atoms with Crippen molar-refractivity contribution in [3.8, 4) is 6.07 Å². The second-order valence-corrected chi connectivity index (χ2v) is 6.32. The molecule has 1 atom stereocenters. The van der Waals surface area contributed by atoms with E-state index in [1.54, 1.807) is 19.3 Å². The summed E-state index contributed by atoms with van der Waals surface area (Å²) in [6, 6.07) is 5.81. The smallest absolute Gasteiger partial charge is 0.336 e. The molecule has 3 heterocycles. The lowest BCUT2D eigenvalue weighted by Crippen LogP contribution is -2.24. The van der Waals surface area contributed by atoms with E-state index < -0.39 is 11.9 Å². The number of esters is 1. The van der Waals surface area contributed by atoms with Gasteiger partial charge in [-0.3, -0.25) is 4.98 Å². The maximum Gasteiger partial charge on any atom is 0.336 e. The summed E-state index contributed by atoms with van der Waals surface area (Å²) in [5, 5.41) is 13.3. The minimum Gasteiger partial charge on any atom is -0.463 e. The third-order valence-corrected chi connectivity index (χ3v) is 4.92. The Morgan fingerprint density at radius 2 is 2.38 bits per heavy atom. The maximum atomic E-state index is 12.5. The van der Waals surface area contributed by atoms with E-state index >= 15 is 0 Å². The van der Waals surface area contributed by atoms with Crippen LogP contribution in [-0.2, 0) is 9.53 Å². The van der Waals surface area contributed by atoms with Gasteiger partial charge in [0.2, 0.25) is 0 Å². The number of nitrogens with one attached hydrogen (secondary N) is 1. The van der Waals surface area contributed by atoms with Gasteiger partial charge in [-0.1, -0.05) is 6.07 Å². The molecule has 0 fully saturated rings. The van der Waals surface area contributed by atoms with E-state index in [2.05, 4.69) is 16.4 Å². The predicted molar refractivity (Wildman–Crippen MR) is 92.5 cm³/mol. The minimum absolute atomic E-state index is 0.283. The molecular weight excluding hydrogens is 324 g/mol. The molecule has 0 aliphatic carbocycles. The molecule has 0 spiro atoms. The second-order valence-electron chi connectivity index (χ2n) is 5.30. The molecule has 0 saturated heterocycles. The Hall–Kier alpha value is -2.85. The van der Waals surface area contributed by atoms with Gasteiger partial charge in [0.15, 0.2) is 0 Å². The van der Waals surface area contributed by atoms with Crippen LogP contribution in [0, 0.1) is 11.3 Å². The highest BCUT2D eigenvalue weighted by Crippen LogP contribution is 2.49. The van der Waals surface area contributed by atoms with Crippen molar-refractivity contribution in [3.63, 3.8) is 0 Å². The summed E-state index contributed by atoms with van der Waals surface area (Å²) < 4.78 is 5.23. The van der Waals surface area contributed by atoms with Crippen molar-refractivity contribution in [2.45, 2.75) is 19.8 Å². The molecule has 6 nitrogen and oxygen atoms in total. The number of fused-ring (bicyclic) bond motifs is 1. The Bertz CT molecular complexity index is 865. The molecule has 1 aliphatic rings. The van der Waals surface area contributed by atoms with Crippen LogP contribution in [0.5, 0.6) is 0 Å². The molecule has 7 heteroatoms. The summed E-state index contributed by atoms with van der Waals surface area (Å²) in [4.78, 5) is 17.1. The van der Waals surface area contributed by atoms with E-state index in [0.717, 1.165) is 16.1 Å². The number of aromatic nitrogens is 1. The number of nitrogens with two attached hydrogens (primary N) is 1. The molecule has 2 aromatic rings. The third-order valence-electron chi connectivity index (χ3n) is 3.88. The van der Waals surface area contributed by atoms with Crippen LogP contribution in [0.15, 0.2) is 35.8 Å². The molecule has 0 bridgehead atoms. The first-order chi connectivity index (χ1) is 11.6. The van der Waals surface area contributed by atoms with Gasteiger partial charge < -0.3 is 15.8 Å². The number of hydrogen-bond acceptors (Lipinski definition) is 7. The van der Waals surface area contributed by atoms with Crippen LogP contribution in [0.4, 0.5) is 10.7 Å². The van der Waals surface area contributed by atoms with Gasteiger partial charge in [0.05, 0.1) is 17.9 Å². The molecule has 0 saturated carbocycles. The monoisotopic (exact) mass is 340 g/mol. The Balaban J connectivity index is 2.24. The number of thiophene rings is 1. The summed E-state index contributed by atoms with van der Waals surface area (Å²) in [7, 11) is 0. The maximum absolute atomic E-state index is 12.5. The van der Waals surface area contributed by atoms with Crippen LogP contribution >= 0.6 is 11.3 Å². The standard InChI is InChI=1S/C17H16N4O2S/c1-3-23-17(22)12-9(2)21-16-14(15(19)11(7-18)24-16)13(12)10-5-4-6-20-8-10/h4-6,8,13,21H,3,19H2,1-2H3/t13-/m1/s1. The SMILES string of the molecule is CCOC(=O)C1=C(C)Nc2sc(C#N)c(N)c2[C@@H]1c1cccnc1. The van der Waals surface area contributed by atoms with Crippen molar-refractivity contribution in [2.24, 2.45) is 0 Å². The number of hydrogen-bond donors (Lipinski definition) is 2. The van der Waals surface area contributed by atoms with Crippen LogP contribution in [0.25, 0.3) is 0 Å². The van der Waals surface area contributed by atoms with Crippen molar-refractivity contribution in [3.05, 3.63) is 51.8 Å². The highest BCUT2D eigenvalue weighted by Gasteiger charge is 2.37. The Morgan fingerprint density at radius 3 is 3.00 bits per heavy atom. The number of nitrogens with zero attached hydrogens (tertiary/aromatic N) is 2. The summed E-state index contributed by atoms with van der Waals surface area (Å²) >= 11 is 1.29. The Kier molecular flexibility index (Phi) is 4.23. The molecule has 2 aromatic heterocycles. The van der Waals surface area contributed by atoms with Crippen LogP contribution in [0.2, 0.25) is 0 Å². The lowest BCUT2D eigenvalue weighted by Gasteiger charge is -2.28. The van der Waals surface area contributed by atoms with Crippen LogP contribution < -0.4 is 11.1 Å². The summed E-state index contributed by atoms with van der Waals surface area (Å²) in [5.41, 5.74) is 9.34. The van der Waals surface area contributed by atoms with E-state index in [9.17, 15) is 10.1 Å². The summed E-state index contributed by atoms with van der Waals surface area (Å²) in [6.45, 7) is 3.87. The molecule has 0 unspecified atom stereocenters. The van der Waals surface area contributed by atoms with Crippen molar-refractivity contribution in [2.75, 3.05) is 17.7 Å². The van der Waals surface area contributed by atoms with Gasteiger partial charge in [-0.05, 0) is 25.5 Å². The predicted octanol–water partition coefficient (Wildman–Crippen LogP) is 2.99. The lowest BCUT2D eigenvalue weighted by atomic mass is 9.82. The van der Waals surface area contributed by atoms with Crippen molar-refractivity contribution >= 4 is 28.0 Å². The quantitative estimate of drug-likeness (QED) is 0.833. The van der Waals surface area contributed by atoms with Gasteiger partial charge in [-0.2, -0.15) is 5.26 Å². The van der Waals surface area contributed by atoms with Crippen molar-refractivity contribution in [1.82, 2.24) is 4.98 Å². The first kappa shape index (κ1) is 16.0. The highest BCUT2D eigenvalue weighted by atomic mass is 32.1. The van der Waals surface area contributed by atoms with E-state index in [4.69, 9.17) is 10.5 Å². The van der Waals surface area contributed by atoms with Gasteiger partial charge in [0.1, 0.15) is 15.9 Å². The lowest BCUT2D eigenvalue weighted by molar-refractivity contribution is -0.138. The van der Waals surface area contributed by atoms with E-state index in [1.807, 2.05) is 19.1 Å². The summed E-state index contributed by atoms with van der Waals surface area (Å²) in [6.07, 6.45) is 3.37. The molecule has 0 radical (unpaired) electrons. The fourth-order valence-electron chi connectivity index (χ4n) is 2.88. The average Bonchev–Trinajstić information content (AvgIpc) is 2.90. The van der Waals surface area contributed by atoms with Crippen LogP contribution in [0.1, 0.15) is 35.8 Å². The van der Waals surface area contributed by atoms with Crippen LogP contribution in [-0.4, -0.2) is 17.6 Å². The first-order valence-electron chi connectivity index (χ1n) is 7.45. The van der Waals surface area contributed by atoms with Gasteiger partial charge in [-0.15, -0.1) is 11.3 Å². The van der Waals surface area contributed by atoms with Crippen molar-refractivity contribution < 1.29 is 9.53 Å². The zero-order valence-corrected chi connectivity index (χ0v) is 14.1. The zero-order valence-electron chi connectivity index (χ0n) is 13.3. The molecular formula is C17H16N4O2S. The Morgan fingerprint density at radius 1 is 1.58 bits per heavy atom. The van der Waals surface area contributed by atoms with Gasteiger partial charge in [-0.25, -0.2) is 4.79 Å². The first-order valence-corrected chi connectivity index (χ1v) is 8.27. The number of carbonyl (C=O) groups is 1. The Labute approximate surface area is 143 Å². The van der Waals surface area contributed by atoms with Gasteiger partial charge in [0, 0.05) is 29.6 Å². The third kappa shape index (κ3) is 2.51. The molecule has 0 amide bonds. The molecule has 3 N–H and O–H groups in total. The van der Waals surface area contributed by atoms with E-state index in [1.165, 1.54) is 11.3 Å². The zero-order chi connectivity index (χ0) is 17.3. The van der Waals surface area contributed by atoms with Crippen LogP contribution in [0.3, 0.4) is 0 Å². The molecule has 24 heavy (non-hydrogen) atoms. The van der Waals surface area contributed by atoms with Crippen molar-refractivity contribution in [1.29, 1.82) is 5.26 Å². The fraction of sp³-hybridized carbons (Fsp3) is 0.235. The van der Waals surface area contributed by atoms with Gasteiger partial charge in [0.25, 0.3) is 0 Å². The highest BCUT2D eigenvalue weighted by molar-refractivity contribution is 7.17. The largest absolute Gasteiger partial charge is 0.463 e. The average molecular weight is 340 g/mol.